The number of nitrogens with zero attached hydrogens (tertiary/aromatic N) is 5. The highest BCUT2D eigenvalue weighted by Crippen LogP contribution is 2.28. The lowest BCUT2D eigenvalue weighted by Crippen LogP contribution is -2.31. The Morgan fingerprint density at radius 1 is 1.00 bits per heavy atom. The number of aromatic nitrogens is 4. The normalized spacial score (nSPS) is 12.9. The van der Waals surface area contributed by atoms with Crippen molar-refractivity contribution in [2.45, 2.75) is 58.7 Å². The minimum Gasteiger partial charge on any atom is -0.497 e. The summed E-state index contributed by atoms with van der Waals surface area (Å²) in [5, 5.41) is 20.3. The molecule has 0 amide bonds. The van der Waals surface area contributed by atoms with E-state index in [1.54, 1.807) is 7.11 Å². The minimum absolute atomic E-state index is 0.300. The van der Waals surface area contributed by atoms with Crippen LogP contribution in [0.15, 0.2) is 83.4 Å². The molecule has 5 rings (SSSR count). The quantitative estimate of drug-likeness (QED) is 0.105. The van der Waals surface area contributed by atoms with Gasteiger partial charge in [0.25, 0.3) is 0 Å². The maximum absolute atomic E-state index is 12.4. The van der Waals surface area contributed by atoms with Crippen molar-refractivity contribution in [3.8, 4) is 34.3 Å². The second-order valence-electron chi connectivity index (χ2n) is 11.2. The van der Waals surface area contributed by atoms with Crippen molar-refractivity contribution in [2.75, 3.05) is 13.7 Å². The number of hydrogen-bond donors (Lipinski definition) is 2. The van der Waals surface area contributed by atoms with Gasteiger partial charge in [-0.25, -0.2) is 14.7 Å². The van der Waals surface area contributed by atoms with E-state index in [-0.39, 0.29) is 5.75 Å². The first-order valence-electron chi connectivity index (χ1n) is 15.2. The average Bonchev–Trinajstić information content (AvgIpc) is 3.67. The molecule has 47 heavy (non-hydrogen) atoms. The van der Waals surface area contributed by atoms with Crippen molar-refractivity contribution in [1.82, 2.24) is 24.6 Å². The van der Waals surface area contributed by atoms with E-state index >= 15 is 0 Å². The minimum atomic E-state index is -4.74. The Hall–Kier alpha value is -4.46. The predicted molar refractivity (Wildman–Crippen MR) is 175 cm³/mol. The Kier molecular flexibility index (Phi) is 10.8. The van der Waals surface area contributed by atoms with Crippen molar-refractivity contribution < 1.29 is 27.8 Å². The summed E-state index contributed by atoms with van der Waals surface area (Å²) in [5.74, 6) is 1.27. The molecule has 9 nitrogen and oxygen atoms in total. The van der Waals surface area contributed by atoms with E-state index in [2.05, 4.69) is 49.6 Å². The number of aliphatic hydroxyl groups is 1. The largest absolute Gasteiger partial charge is 0.573 e. The van der Waals surface area contributed by atoms with Crippen molar-refractivity contribution in [3.05, 3.63) is 100 Å². The lowest BCUT2D eigenvalue weighted by Gasteiger charge is -2.17. The molecule has 0 aliphatic heterocycles. The van der Waals surface area contributed by atoms with Gasteiger partial charge in [-0.2, -0.15) is 0 Å². The van der Waals surface area contributed by atoms with Crippen LogP contribution >= 0.6 is 11.3 Å². The van der Waals surface area contributed by atoms with Gasteiger partial charge >= 0.3 is 6.36 Å². The summed E-state index contributed by atoms with van der Waals surface area (Å²) in [6.45, 7) is 6.93. The molecule has 1 unspecified atom stereocenters. The number of rotatable bonds is 13. The van der Waals surface area contributed by atoms with Gasteiger partial charge in [0.1, 0.15) is 17.8 Å². The van der Waals surface area contributed by atoms with Crippen molar-refractivity contribution in [1.29, 1.82) is 0 Å². The van der Waals surface area contributed by atoms with E-state index in [0.717, 1.165) is 47.5 Å². The summed E-state index contributed by atoms with van der Waals surface area (Å²) in [7, 11) is 1.65. The molecule has 2 N–H and O–H groups in total. The molecule has 5 aromatic rings. The van der Waals surface area contributed by atoms with Crippen LogP contribution in [0.1, 0.15) is 49.4 Å². The lowest BCUT2D eigenvalue weighted by atomic mass is 10.0. The number of unbranched alkanes of at least 4 members (excludes halogenated alkanes) is 1. The number of thiazole rings is 1. The third kappa shape index (κ3) is 8.88. The number of ether oxygens (including phenoxy) is 2. The molecular formula is C34H37F3N6O3S. The second-order valence-corrected chi connectivity index (χ2v) is 12.1. The SMILES string of the molecule is COc1ccc(C(C)C)c(-n2c(C)csc2=NC(O)NCCCCc2ccc(-c3ncn(-c4ccc(OC(F)(F)F)cc4)n3)cc2)c1. The molecule has 0 fully saturated rings. The fourth-order valence-corrected chi connectivity index (χ4v) is 5.97. The Bertz CT molecular complexity index is 1830. The smallest absolute Gasteiger partial charge is 0.497 e. The molecule has 1 atom stereocenters. The van der Waals surface area contributed by atoms with Crippen LogP contribution < -0.4 is 19.6 Å². The second kappa shape index (κ2) is 15.0. The van der Waals surface area contributed by atoms with E-state index in [0.29, 0.717) is 28.8 Å². The summed E-state index contributed by atoms with van der Waals surface area (Å²) in [4.78, 5) is 9.61. The Balaban J connectivity index is 1.12. The topological polar surface area (TPSA) is 98.7 Å². The Labute approximate surface area is 275 Å². The van der Waals surface area contributed by atoms with Crippen LogP contribution in [0, 0.1) is 6.92 Å². The zero-order valence-electron chi connectivity index (χ0n) is 26.5. The van der Waals surface area contributed by atoms with Crippen LogP contribution in [-0.2, 0) is 6.42 Å². The first kappa shape index (κ1) is 33.9. The number of aliphatic hydroxyl groups excluding tert-OH is 1. The van der Waals surface area contributed by atoms with Gasteiger partial charge in [0, 0.05) is 22.7 Å². The molecule has 0 bridgehead atoms. The number of nitrogens with one attached hydrogen (secondary N) is 1. The summed E-state index contributed by atoms with van der Waals surface area (Å²) in [5.41, 5.74) is 5.73. The Morgan fingerprint density at radius 3 is 2.40 bits per heavy atom. The molecule has 2 heterocycles. The fourth-order valence-electron chi connectivity index (χ4n) is 5.08. The van der Waals surface area contributed by atoms with Gasteiger partial charge in [-0.3, -0.25) is 9.88 Å². The van der Waals surface area contributed by atoms with Gasteiger partial charge in [-0.1, -0.05) is 44.2 Å². The number of benzene rings is 3. The molecule has 3 aromatic carbocycles. The first-order valence-corrected chi connectivity index (χ1v) is 16.1. The fraction of sp³-hybridized carbons (Fsp3) is 0.324. The first-order chi connectivity index (χ1) is 22.5. The van der Waals surface area contributed by atoms with E-state index in [9.17, 15) is 18.3 Å². The van der Waals surface area contributed by atoms with Gasteiger partial charge < -0.3 is 14.6 Å². The molecule has 2 aromatic heterocycles. The maximum atomic E-state index is 12.4. The molecule has 13 heteroatoms. The van der Waals surface area contributed by atoms with Gasteiger partial charge in [0.15, 0.2) is 10.6 Å². The van der Waals surface area contributed by atoms with Crippen LogP contribution in [0.3, 0.4) is 0 Å². The third-order valence-corrected chi connectivity index (χ3v) is 8.43. The predicted octanol–water partition coefficient (Wildman–Crippen LogP) is 6.91. The molecular weight excluding hydrogens is 629 g/mol. The van der Waals surface area contributed by atoms with Crippen LogP contribution in [0.4, 0.5) is 13.2 Å². The van der Waals surface area contributed by atoms with Crippen molar-refractivity contribution in [3.63, 3.8) is 0 Å². The van der Waals surface area contributed by atoms with E-state index in [1.165, 1.54) is 52.2 Å². The van der Waals surface area contributed by atoms with Crippen molar-refractivity contribution >= 4 is 11.3 Å². The van der Waals surface area contributed by atoms with Gasteiger partial charge in [0.05, 0.1) is 18.5 Å². The molecule has 0 saturated heterocycles. The molecule has 0 radical (unpaired) electrons. The molecule has 0 spiro atoms. The molecule has 248 valence electrons. The molecule has 0 saturated carbocycles. The summed E-state index contributed by atoms with van der Waals surface area (Å²) >= 11 is 1.48. The molecule has 0 aliphatic carbocycles. The van der Waals surface area contributed by atoms with Gasteiger partial charge in [0.2, 0.25) is 6.35 Å². The Morgan fingerprint density at radius 2 is 1.72 bits per heavy atom. The number of alkyl halides is 3. The third-order valence-electron chi connectivity index (χ3n) is 7.47. The number of halogens is 3. The lowest BCUT2D eigenvalue weighted by molar-refractivity contribution is -0.274. The van der Waals surface area contributed by atoms with E-state index in [1.807, 2.05) is 48.7 Å². The zero-order valence-corrected chi connectivity index (χ0v) is 27.3. The maximum Gasteiger partial charge on any atom is 0.573 e. The highest BCUT2D eigenvalue weighted by molar-refractivity contribution is 7.07. The van der Waals surface area contributed by atoms with Crippen LogP contribution in [-0.4, -0.2) is 50.8 Å². The number of hydrogen-bond acceptors (Lipinski definition) is 8. The zero-order chi connectivity index (χ0) is 33.6. The van der Waals surface area contributed by atoms with Crippen LogP contribution in [0.25, 0.3) is 22.8 Å². The van der Waals surface area contributed by atoms with E-state index in [4.69, 9.17) is 4.74 Å². The van der Waals surface area contributed by atoms with Crippen molar-refractivity contribution in [2.24, 2.45) is 4.99 Å². The summed E-state index contributed by atoms with van der Waals surface area (Å²) < 4.78 is 50.2. The number of methoxy groups -OCH3 is 1. The van der Waals surface area contributed by atoms with Crippen LogP contribution in [0.2, 0.25) is 0 Å². The van der Waals surface area contributed by atoms with E-state index < -0.39 is 12.7 Å². The molecule has 0 aliphatic rings. The summed E-state index contributed by atoms with van der Waals surface area (Å²) in [6.07, 6.45) is -1.64. The average molecular weight is 667 g/mol. The standard InChI is InChI=1S/C34H37F3N6O3S/c1-22(2)29-17-16-28(45-4)19-30(29)43-23(3)20-47-33(43)40-32(44)38-18-6-5-7-24-8-10-25(11-9-24)31-39-21-42(41-31)26-12-14-27(15-13-26)46-34(35,36)37/h8-17,19-22,32,38,44H,5-7,18H2,1-4H3. The highest BCUT2D eigenvalue weighted by atomic mass is 32.1. The van der Waals surface area contributed by atoms with Crippen LogP contribution in [0.5, 0.6) is 11.5 Å². The highest BCUT2D eigenvalue weighted by Gasteiger charge is 2.31. The monoisotopic (exact) mass is 666 g/mol. The summed E-state index contributed by atoms with van der Waals surface area (Å²) in [6, 6.07) is 19.4. The number of aryl methyl sites for hydroxylation is 2. The van der Waals surface area contributed by atoms with Gasteiger partial charge in [-0.05, 0) is 80.1 Å². The van der Waals surface area contributed by atoms with Gasteiger partial charge in [-0.15, -0.1) is 29.6 Å².